The summed E-state index contributed by atoms with van der Waals surface area (Å²) in [4.78, 5) is 108. The van der Waals surface area contributed by atoms with E-state index in [0.29, 0.717) is 0 Å². The van der Waals surface area contributed by atoms with Crippen LogP contribution in [-0.4, -0.2) is 95.7 Å². The van der Waals surface area contributed by atoms with Gasteiger partial charge < -0.3 is 42.0 Å². The van der Waals surface area contributed by atoms with Crippen LogP contribution in [0.4, 0.5) is 0 Å². The molecule has 16 heteroatoms. The van der Waals surface area contributed by atoms with Crippen LogP contribution in [0.3, 0.4) is 0 Å². The summed E-state index contributed by atoms with van der Waals surface area (Å²) in [5.41, 5.74) is 0. The van der Waals surface area contributed by atoms with Gasteiger partial charge in [-0.05, 0) is 76.0 Å². The third-order valence-electron chi connectivity index (χ3n) is 8.79. The number of nitrogens with one attached hydrogen (secondary N) is 7. The molecule has 314 valence electrons. The lowest BCUT2D eigenvalue weighted by Gasteiger charge is -2.30. The first-order valence-corrected chi connectivity index (χ1v) is 19.7. The van der Waals surface area contributed by atoms with Gasteiger partial charge in [-0.3, -0.25) is 33.6 Å². The van der Waals surface area contributed by atoms with Crippen molar-refractivity contribution in [2.45, 2.75) is 171 Å². The summed E-state index contributed by atoms with van der Waals surface area (Å²) >= 11 is 0. The van der Waals surface area contributed by atoms with Crippen molar-refractivity contribution in [1.82, 2.24) is 37.2 Å². The zero-order valence-corrected chi connectivity index (χ0v) is 35.2. The molecule has 0 aromatic carbocycles. The number of hydrogen-bond donors (Lipinski definition) is 7. The number of ether oxygens (including phenoxy) is 1. The molecule has 1 aliphatic heterocycles. The molecule has 1 saturated heterocycles. The molecule has 8 atom stereocenters. The van der Waals surface area contributed by atoms with Crippen LogP contribution in [-0.2, 0) is 43.1 Å². The van der Waals surface area contributed by atoms with Crippen LogP contribution in [0.1, 0.15) is 122 Å². The van der Waals surface area contributed by atoms with Crippen LogP contribution in [0.15, 0.2) is 0 Å². The van der Waals surface area contributed by atoms with Crippen LogP contribution < -0.4 is 37.2 Å². The van der Waals surface area contributed by atoms with Crippen molar-refractivity contribution in [3.63, 3.8) is 0 Å². The van der Waals surface area contributed by atoms with E-state index in [2.05, 4.69) is 37.2 Å². The van der Waals surface area contributed by atoms with Crippen LogP contribution in [0.2, 0.25) is 0 Å². The Balaban J connectivity index is 3.76. The third kappa shape index (κ3) is 17.8. The second-order valence-corrected chi connectivity index (χ2v) is 17.0. The van der Waals surface area contributed by atoms with E-state index in [9.17, 15) is 38.4 Å². The van der Waals surface area contributed by atoms with Gasteiger partial charge in [-0.15, -0.1) is 0 Å². The second-order valence-electron chi connectivity index (χ2n) is 17.0. The van der Waals surface area contributed by atoms with Gasteiger partial charge in [0.05, 0.1) is 0 Å². The summed E-state index contributed by atoms with van der Waals surface area (Å²) in [6.45, 7) is 22.8. The molecule has 0 saturated carbocycles. The number of carbonyl (C=O) groups excluding carboxylic acids is 8. The quantitative estimate of drug-likeness (QED) is 0.151. The molecule has 16 nitrogen and oxygen atoms in total. The highest BCUT2D eigenvalue weighted by Gasteiger charge is 2.36. The van der Waals surface area contributed by atoms with E-state index < -0.39 is 95.7 Å². The molecule has 0 aromatic rings. The number of rotatable bonds is 11. The predicted octanol–water partition coefficient (Wildman–Crippen LogP) is 1.60. The molecule has 1 fully saturated rings. The summed E-state index contributed by atoms with van der Waals surface area (Å²) < 4.78 is 5.58. The van der Waals surface area contributed by atoms with Crippen molar-refractivity contribution in [3.05, 3.63) is 0 Å². The normalized spacial score (nSPS) is 27.3. The average molecular weight is 780 g/mol. The lowest BCUT2D eigenvalue weighted by molar-refractivity contribution is -0.155. The summed E-state index contributed by atoms with van der Waals surface area (Å²) in [5, 5.41) is 18.8. The highest BCUT2D eigenvalue weighted by atomic mass is 16.5. The summed E-state index contributed by atoms with van der Waals surface area (Å²) in [6, 6.07) is -8.20. The number of cyclic esters (lactones) is 1. The van der Waals surface area contributed by atoms with Gasteiger partial charge >= 0.3 is 5.97 Å². The van der Waals surface area contributed by atoms with Crippen LogP contribution >= 0.6 is 0 Å². The Bertz CT molecular complexity index is 1350. The van der Waals surface area contributed by atoms with Gasteiger partial charge in [0.15, 0.2) is 0 Å². The number of carbonyl (C=O) groups is 8. The van der Waals surface area contributed by atoms with E-state index in [1.165, 1.54) is 20.8 Å². The lowest BCUT2D eigenvalue weighted by atomic mass is 9.98. The molecule has 0 radical (unpaired) electrons. The molecule has 0 spiro atoms. The van der Waals surface area contributed by atoms with Crippen molar-refractivity contribution in [2.75, 3.05) is 0 Å². The van der Waals surface area contributed by atoms with Crippen molar-refractivity contribution in [2.24, 2.45) is 29.6 Å². The Morgan fingerprint density at radius 2 is 0.818 bits per heavy atom. The van der Waals surface area contributed by atoms with Gasteiger partial charge in [-0.1, -0.05) is 69.2 Å². The molecule has 0 aromatic heterocycles. The Kier molecular flexibility index (Phi) is 20.4. The molecule has 7 N–H and O–H groups in total. The Labute approximate surface area is 327 Å². The minimum absolute atomic E-state index is 0.0472. The van der Waals surface area contributed by atoms with Gasteiger partial charge in [0.1, 0.15) is 48.4 Å². The molecule has 3 unspecified atom stereocenters. The molecule has 1 aliphatic rings. The fourth-order valence-corrected chi connectivity index (χ4v) is 6.02. The zero-order valence-electron chi connectivity index (χ0n) is 35.2. The van der Waals surface area contributed by atoms with Gasteiger partial charge in [-0.2, -0.15) is 0 Å². The van der Waals surface area contributed by atoms with Crippen LogP contribution in [0.25, 0.3) is 0 Å². The maximum atomic E-state index is 13.9. The average Bonchev–Trinajstić information content (AvgIpc) is 3.03. The number of amides is 7. The van der Waals surface area contributed by atoms with Gasteiger partial charge in [0, 0.05) is 6.42 Å². The molecule has 0 bridgehead atoms. The fraction of sp³-hybridized carbons (Fsp3) is 0.795. The molecular weight excluding hydrogens is 710 g/mol. The Morgan fingerprint density at radius 1 is 0.491 bits per heavy atom. The van der Waals surface area contributed by atoms with Crippen LogP contribution in [0, 0.1) is 29.6 Å². The lowest BCUT2D eigenvalue weighted by Crippen LogP contribution is -2.61. The summed E-state index contributed by atoms with van der Waals surface area (Å²) in [6.07, 6.45) is -0.339. The standard InChI is InChI=1S/C39H69N7O9/c1-19(2)14-27-34(49)41-25(12)39(54)55-26(13)32(46-31(47)18-23(9)10)38(53)40-24(11)33(48)42-28(15-20(3)4)35(50)44-30(17-22(7)8)37(52)45-29(16-21(5)6)36(51)43-27/h19-30,32H,14-18H2,1-13H3,(H,40,53)(H,41,49)(H,42,48)(H,43,51)(H,44,50)(H,45,52)(H,46,47)/t24-,25-,26+,27-,28?,29+,30?,32?/m0/s1. The zero-order chi connectivity index (χ0) is 42.3. The molecular formula is C39H69N7O9. The molecule has 1 rings (SSSR count). The maximum Gasteiger partial charge on any atom is 0.328 e. The predicted molar refractivity (Wildman–Crippen MR) is 208 cm³/mol. The first-order chi connectivity index (χ1) is 25.4. The van der Waals surface area contributed by atoms with Gasteiger partial charge in [-0.25, -0.2) is 4.79 Å². The number of esters is 1. The molecule has 55 heavy (non-hydrogen) atoms. The van der Waals surface area contributed by atoms with Crippen molar-refractivity contribution < 1.29 is 43.1 Å². The highest BCUT2D eigenvalue weighted by Crippen LogP contribution is 2.14. The van der Waals surface area contributed by atoms with Gasteiger partial charge in [0.25, 0.3) is 0 Å². The van der Waals surface area contributed by atoms with E-state index >= 15 is 0 Å². The van der Waals surface area contributed by atoms with E-state index in [1.54, 1.807) is 0 Å². The molecule has 1 heterocycles. The van der Waals surface area contributed by atoms with Crippen LogP contribution in [0.5, 0.6) is 0 Å². The smallest absolute Gasteiger partial charge is 0.328 e. The van der Waals surface area contributed by atoms with Crippen molar-refractivity contribution in [1.29, 1.82) is 0 Å². The van der Waals surface area contributed by atoms with E-state index in [0.717, 1.165) is 0 Å². The number of hydrogen-bond acceptors (Lipinski definition) is 9. The molecule has 0 aliphatic carbocycles. The minimum atomic E-state index is -1.43. The third-order valence-corrected chi connectivity index (χ3v) is 8.79. The van der Waals surface area contributed by atoms with Crippen molar-refractivity contribution in [3.8, 4) is 0 Å². The Hall–Kier alpha value is -4.24. The second kappa shape index (κ2) is 23.0. The molecule has 7 amide bonds. The minimum Gasteiger partial charge on any atom is -0.458 e. The maximum absolute atomic E-state index is 13.9. The fourth-order valence-electron chi connectivity index (χ4n) is 6.02. The first-order valence-electron chi connectivity index (χ1n) is 19.7. The SMILES string of the molecule is CC(C)CC(=O)NC1C(=O)N[C@@H](C)C(=O)NC(CC(C)C)C(=O)NC(CC(C)C)C(=O)N[C@H](CC(C)C)C(=O)N[C@@H](CC(C)C)C(=O)N[C@@H](C)C(=O)O[C@@H]1C. The van der Waals surface area contributed by atoms with E-state index in [1.807, 2.05) is 69.2 Å². The Morgan fingerprint density at radius 3 is 1.16 bits per heavy atom. The van der Waals surface area contributed by atoms with E-state index in [-0.39, 0.29) is 61.7 Å². The monoisotopic (exact) mass is 780 g/mol. The summed E-state index contributed by atoms with van der Waals surface area (Å²) in [5.74, 6) is -5.75. The topological polar surface area (TPSA) is 230 Å². The van der Waals surface area contributed by atoms with Gasteiger partial charge in [0.2, 0.25) is 41.4 Å². The highest BCUT2D eigenvalue weighted by molar-refractivity contribution is 5.97. The summed E-state index contributed by atoms with van der Waals surface area (Å²) in [7, 11) is 0. The largest absolute Gasteiger partial charge is 0.458 e. The first kappa shape index (κ1) is 48.8. The van der Waals surface area contributed by atoms with E-state index in [4.69, 9.17) is 4.74 Å². The van der Waals surface area contributed by atoms with Crippen molar-refractivity contribution >= 4 is 47.3 Å².